The molecule has 0 saturated heterocycles. The first-order valence-electron chi connectivity index (χ1n) is 6.50. The molecule has 4 heteroatoms. The van der Waals surface area contributed by atoms with Gasteiger partial charge < -0.3 is 10.3 Å². The van der Waals surface area contributed by atoms with Crippen LogP contribution in [0.15, 0.2) is 18.2 Å². The lowest BCUT2D eigenvalue weighted by Crippen LogP contribution is -2.22. The Balaban J connectivity index is 2.60. The van der Waals surface area contributed by atoms with Crippen molar-refractivity contribution in [3.05, 3.63) is 29.8 Å². The molecule has 0 fully saturated rings. The van der Waals surface area contributed by atoms with Gasteiger partial charge in [0.25, 0.3) is 0 Å². The predicted molar refractivity (Wildman–Crippen MR) is 71.7 cm³/mol. The molecule has 0 aliphatic rings. The highest BCUT2D eigenvalue weighted by Crippen LogP contribution is 2.26. The third-order valence-electron chi connectivity index (χ3n) is 3.63. The maximum atomic E-state index is 13.7. The van der Waals surface area contributed by atoms with E-state index in [2.05, 4.69) is 18.8 Å². The van der Waals surface area contributed by atoms with Crippen LogP contribution >= 0.6 is 0 Å². The fourth-order valence-corrected chi connectivity index (χ4v) is 2.23. The highest BCUT2D eigenvalue weighted by molar-refractivity contribution is 5.76. The lowest BCUT2D eigenvalue weighted by atomic mass is 9.99. The summed E-state index contributed by atoms with van der Waals surface area (Å²) in [5, 5.41) is 0. The Morgan fingerprint density at radius 2 is 2.11 bits per heavy atom. The van der Waals surface area contributed by atoms with Crippen molar-refractivity contribution in [3.8, 4) is 0 Å². The van der Waals surface area contributed by atoms with Crippen LogP contribution in [-0.2, 0) is 6.54 Å². The molecule has 0 radical (unpaired) electrons. The number of para-hydroxylation sites is 1. The standard InChI is InChI=1S/C14H20FN3/c1-4-9(3)12(16)14-17-13-10(15)7-6-8-11(13)18(14)5-2/h6-9,12H,4-5,16H2,1-3H3. The highest BCUT2D eigenvalue weighted by Gasteiger charge is 2.21. The number of hydrogen-bond donors (Lipinski definition) is 1. The Morgan fingerprint density at radius 3 is 2.72 bits per heavy atom. The monoisotopic (exact) mass is 249 g/mol. The fourth-order valence-electron chi connectivity index (χ4n) is 2.23. The largest absolute Gasteiger partial charge is 0.327 e. The molecule has 1 aromatic heterocycles. The van der Waals surface area contributed by atoms with Crippen LogP contribution in [0.4, 0.5) is 4.39 Å². The van der Waals surface area contributed by atoms with Crippen LogP contribution in [-0.4, -0.2) is 9.55 Å². The second-order valence-corrected chi connectivity index (χ2v) is 4.73. The van der Waals surface area contributed by atoms with Gasteiger partial charge in [0, 0.05) is 6.54 Å². The summed E-state index contributed by atoms with van der Waals surface area (Å²) in [4.78, 5) is 4.41. The van der Waals surface area contributed by atoms with Gasteiger partial charge in [-0.25, -0.2) is 9.37 Å². The van der Waals surface area contributed by atoms with Crippen LogP contribution in [0.25, 0.3) is 11.0 Å². The van der Waals surface area contributed by atoms with E-state index in [0.29, 0.717) is 11.4 Å². The summed E-state index contributed by atoms with van der Waals surface area (Å²) in [7, 11) is 0. The topological polar surface area (TPSA) is 43.8 Å². The van der Waals surface area contributed by atoms with Crippen molar-refractivity contribution in [2.45, 2.75) is 39.8 Å². The van der Waals surface area contributed by atoms with E-state index in [1.54, 1.807) is 6.07 Å². The predicted octanol–water partition coefficient (Wildman–Crippen LogP) is 3.24. The molecule has 3 nitrogen and oxygen atoms in total. The molecular formula is C14H20FN3. The molecule has 1 heterocycles. The average molecular weight is 249 g/mol. The van der Waals surface area contributed by atoms with Gasteiger partial charge in [-0.2, -0.15) is 0 Å². The number of hydrogen-bond acceptors (Lipinski definition) is 2. The average Bonchev–Trinajstić information content (AvgIpc) is 2.76. The lowest BCUT2D eigenvalue weighted by Gasteiger charge is -2.18. The Morgan fingerprint density at radius 1 is 1.39 bits per heavy atom. The molecule has 2 N–H and O–H groups in total. The van der Waals surface area contributed by atoms with Crippen molar-refractivity contribution in [2.75, 3.05) is 0 Å². The molecule has 1 aromatic carbocycles. The van der Waals surface area contributed by atoms with Crippen molar-refractivity contribution < 1.29 is 4.39 Å². The summed E-state index contributed by atoms with van der Waals surface area (Å²) in [6, 6.07) is 4.89. The molecule has 2 rings (SSSR count). The summed E-state index contributed by atoms with van der Waals surface area (Å²) in [6.07, 6.45) is 0.983. The smallest absolute Gasteiger partial charge is 0.151 e. The van der Waals surface area contributed by atoms with Gasteiger partial charge in [0.05, 0.1) is 11.6 Å². The van der Waals surface area contributed by atoms with Gasteiger partial charge in [-0.15, -0.1) is 0 Å². The number of aromatic nitrogens is 2. The van der Waals surface area contributed by atoms with Crippen molar-refractivity contribution in [1.82, 2.24) is 9.55 Å². The van der Waals surface area contributed by atoms with E-state index in [0.717, 1.165) is 24.3 Å². The van der Waals surface area contributed by atoms with Gasteiger partial charge in [-0.05, 0) is 25.0 Å². The first-order chi connectivity index (χ1) is 8.60. The molecule has 0 aliphatic heterocycles. The van der Waals surface area contributed by atoms with E-state index in [-0.39, 0.29) is 11.9 Å². The van der Waals surface area contributed by atoms with Crippen molar-refractivity contribution in [3.63, 3.8) is 0 Å². The molecule has 2 aromatic rings. The number of nitrogens with zero attached hydrogens (tertiary/aromatic N) is 2. The summed E-state index contributed by atoms with van der Waals surface area (Å²) in [5.41, 5.74) is 7.48. The van der Waals surface area contributed by atoms with Gasteiger partial charge >= 0.3 is 0 Å². The summed E-state index contributed by atoms with van der Waals surface area (Å²) < 4.78 is 15.8. The molecule has 98 valence electrons. The zero-order valence-electron chi connectivity index (χ0n) is 11.2. The molecule has 0 spiro atoms. The maximum absolute atomic E-state index is 13.7. The zero-order chi connectivity index (χ0) is 13.3. The molecule has 0 aliphatic carbocycles. The molecular weight excluding hydrogens is 229 g/mol. The molecule has 0 saturated carbocycles. The number of imidazole rings is 1. The lowest BCUT2D eigenvalue weighted by molar-refractivity contribution is 0.427. The van der Waals surface area contributed by atoms with E-state index in [1.807, 2.05) is 17.6 Å². The number of rotatable bonds is 4. The third kappa shape index (κ3) is 2.01. The SMILES string of the molecule is CCC(C)C(N)c1nc2c(F)cccc2n1CC. The van der Waals surface area contributed by atoms with Crippen molar-refractivity contribution in [2.24, 2.45) is 11.7 Å². The number of fused-ring (bicyclic) bond motifs is 1. The van der Waals surface area contributed by atoms with Gasteiger partial charge in [0.2, 0.25) is 0 Å². The molecule has 0 amide bonds. The minimum absolute atomic E-state index is 0.151. The summed E-state index contributed by atoms with van der Waals surface area (Å²) in [5.74, 6) is 0.833. The molecule has 0 bridgehead atoms. The number of nitrogens with two attached hydrogens (primary N) is 1. The van der Waals surface area contributed by atoms with E-state index >= 15 is 0 Å². The third-order valence-corrected chi connectivity index (χ3v) is 3.63. The Hall–Kier alpha value is -1.42. The van der Waals surface area contributed by atoms with E-state index in [1.165, 1.54) is 6.07 Å². The second kappa shape index (κ2) is 5.06. The van der Waals surface area contributed by atoms with Crippen LogP contribution in [0, 0.1) is 11.7 Å². The molecule has 18 heavy (non-hydrogen) atoms. The first kappa shape index (κ1) is 13.0. The van der Waals surface area contributed by atoms with E-state index in [9.17, 15) is 4.39 Å². The van der Waals surface area contributed by atoms with Crippen molar-refractivity contribution >= 4 is 11.0 Å². The zero-order valence-corrected chi connectivity index (χ0v) is 11.2. The van der Waals surface area contributed by atoms with Gasteiger partial charge in [0.1, 0.15) is 11.3 Å². The van der Waals surface area contributed by atoms with Gasteiger partial charge in [-0.1, -0.05) is 26.3 Å². The Labute approximate surface area is 107 Å². The fraction of sp³-hybridized carbons (Fsp3) is 0.500. The Kier molecular flexibility index (Phi) is 3.66. The normalized spacial score (nSPS) is 14.9. The minimum atomic E-state index is -0.280. The number of benzene rings is 1. The quantitative estimate of drug-likeness (QED) is 0.904. The van der Waals surface area contributed by atoms with Crippen LogP contribution in [0.5, 0.6) is 0 Å². The number of aryl methyl sites for hydroxylation is 1. The van der Waals surface area contributed by atoms with E-state index in [4.69, 9.17) is 5.73 Å². The summed E-state index contributed by atoms with van der Waals surface area (Å²) >= 11 is 0. The van der Waals surface area contributed by atoms with Crippen LogP contribution < -0.4 is 5.73 Å². The minimum Gasteiger partial charge on any atom is -0.327 e. The maximum Gasteiger partial charge on any atom is 0.151 e. The van der Waals surface area contributed by atoms with Crippen LogP contribution in [0.2, 0.25) is 0 Å². The van der Waals surface area contributed by atoms with Crippen LogP contribution in [0.1, 0.15) is 39.1 Å². The van der Waals surface area contributed by atoms with Crippen LogP contribution in [0.3, 0.4) is 0 Å². The number of halogens is 1. The van der Waals surface area contributed by atoms with E-state index < -0.39 is 0 Å². The van der Waals surface area contributed by atoms with Gasteiger partial charge in [-0.3, -0.25) is 0 Å². The van der Waals surface area contributed by atoms with Crippen molar-refractivity contribution in [1.29, 1.82) is 0 Å². The Bertz CT molecular complexity index is 547. The first-order valence-corrected chi connectivity index (χ1v) is 6.50. The summed E-state index contributed by atoms with van der Waals surface area (Å²) in [6.45, 7) is 6.97. The molecule has 2 atom stereocenters. The van der Waals surface area contributed by atoms with Gasteiger partial charge in [0.15, 0.2) is 5.82 Å². The highest BCUT2D eigenvalue weighted by atomic mass is 19.1. The second-order valence-electron chi connectivity index (χ2n) is 4.73. The molecule has 2 unspecified atom stereocenters.